The number of hydrogen-bond acceptors (Lipinski definition) is 3. The van der Waals surface area contributed by atoms with E-state index in [0.717, 1.165) is 24.3 Å². The number of hydrogen-bond donors (Lipinski definition) is 1. The molecule has 1 N–H and O–H groups in total. The topological polar surface area (TPSA) is 41.6 Å². The van der Waals surface area contributed by atoms with Gasteiger partial charge in [-0.05, 0) is 61.6 Å². The number of likely N-dealkylation sites (tertiary alicyclic amines) is 1. The van der Waals surface area contributed by atoms with Gasteiger partial charge in [-0.1, -0.05) is 42.8 Å². The summed E-state index contributed by atoms with van der Waals surface area (Å²) in [6.45, 7) is 5.06. The van der Waals surface area contributed by atoms with Crippen molar-refractivity contribution in [1.82, 2.24) is 10.2 Å². The van der Waals surface area contributed by atoms with E-state index in [2.05, 4.69) is 41.4 Å². The Balaban J connectivity index is 1.50. The van der Waals surface area contributed by atoms with E-state index in [-0.39, 0.29) is 5.91 Å². The molecule has 1 amide bonds. The van der Waals surface area contributed by atoms with E-state index in [9.17, 15) is 4.79 Å². The maximum Gasteiger partial charge on any atom is 0.220 e. The van der Waals surface area contributed by atoms with Gasteiger partial charge in [-0.15, -0.1) is 0 Å². The molecule has 0 spiro atoms. The number of aryl methyl sites for hydroxylation is 1. The van der Waals surface area contributed by atoms with Crippen molar-refractivity contribution in [1.29, 1.82) is 0 Å². The third-order valence-electron chi connectivity index (χ3n) is 5.71. The Morgan fingerprint density at radius 1 is 1.11 bits per heavy atom. The molecule has 2 aromatic carbocycles. The fourth-order valence-electron chi connectivity index (χ4n) is 3.83. The minimum Gasteiger partial charge on any atom is -0.497 e. The van der Waals surface area contributed by atoms with E-state index in [1.165, 1.54) is 36.9 Å². The standard InChI is InChI=1S/C24H32N2O2/c1-19-7-5-6-16-26(19)18-22-9-4-3-8-21(22)17-25-24(27)15-12-20-10-13-23(28-2)14-11-20/h3-4,8-11,13-14,19H,5-7,12,15-18H2,1-2H3,(H,25,27). The minimum absolute atomic E-state index is 0.0944. The second-order valence-electron chi connectivity index (χ2n) is 7.71. The summed E-state index contributed by atoms with van der Waals surface area (Å²) in [5.74, 6) is 0.935. The quantitative estimate of drug-likeness (QED) is 0.742. The monoisotopic (exact) mass is 380 g/mol. The second-order valence-corrected chi connectivity index (χ2v) is 7.71. The second kappa shape index (κ2) is 10.3. The van der Waals surface area contributed by atoms with Crippen LogP contribution in [0.15, 0.2) is 48.5 Å². The molecular formula is C24H32N2O2. The van der Waals surface area contributed by atoms with Gasteiger partial charge in [0.1, 0.15) is 5.75 Å². The highest BCUT2D eigenvalue weighted by atomic mass is 16.5. The van der Waals surface area contributed by atoms with Crippen LogP contribution in [0.4, 0.5) is 0 Å². The summed E-state index contributed by atoms with van der Waals surface area (Å²) < 4.78 is 5.17. The first kappa shape index (κ1) is 20.4. The molecule has 0 saturated carbocycles. The van der Waals surface area contributed by atoms with E-state index >= 15 is 0 Å². The number of amides is 1. The number of benzene rings is 2. The summed E-state index contributed by atoms with van der Waals surface area (Å²) in [7, 11) is 1.66. The van der Waals surface area contributed by atoms with E-state index in [0.29, 0.717) is 19.0 Å². The Morgan fingerprint density at radius 3 is 2.57 bits per heavy atom. The van der Waals surface area contributed by atoms with Crippen molar-refractivity contribution in [2.45, 2.75) is 58.2 Å². The fourth-order valence-corrected chi connectivity index (χ4v) is 3.83. The number of methoxy groups -OCH3 is 1. The minimum atomic E-state index is 0.0944. The molecule has 2 aromatic rings. The Hall–Kier alpha value is -2.33. The van der Waals surface area contributed by atoms with Crippen molar-refractivity contribution in [3.8, 4) is 5.75 Å². The molecule has 1 heterocycles. The number of rotatable bonds is 8. The molecule has 3 rings (SSSR count). The molecule has 0 aliphatic carbocycles. The lowest BCUT2D eigenvalue weighted by Gasteiger charge is -2.33. The molecule has 1 aliphatic rings. The van der Waals surface area contributed by atoms with Gasteiger partial charge in [0.05, 0.1) is 7.11 Å². The third kappa shape index (κ3) is 5.83. The zero-order valence-electron chi connectivity index (χ0n) is 17.1. The summed E-state index contributed by atoms with van der Waals surface area (Å²) in [6, 6.07) is 17.0. The number of carbonyl (C=O) groups excluding carboxylic acids is 1. The van der Waals surface area contributed by atoms with Crippen LogP contribution in [-0.2, 0) is 24.3 Å². The van der Waals surface area contributed by atoms with Crippen molar-refractivity contribution in [3.05, 3.63) is 65.2 Å². The van der Waals surface area contributed by atoms with Gasteiger partial charge in [0.15, 0.2) is 0 Å². The molecule has 1 aliphatic heterocycles. The largest absolute Gasteiger partial charge is 0.497 e. The third-order valence-corrected chi connectivity index (χ3v) is 5.71. The van der Waals surface area contributed by atoms with E-state index in [1.807, 2.05) is 24.3 Å². The van der Waals surface area contributed by atoms with Crippen LogP contribution in [0.1, 0.15) is 49.3 Å². The molecule has 0 bridgehead atoms. The summed E-state index contributed by atoms with van der Waals surface area (Å²) in [4.78, 5) is 14.9. The zero-order valence-corrected chi connectivity index (χ0v) is 17.1. The van der Waals surface area contributed by atoms with Crippen LogP contribution < -0.4 is 10.1 Å². The maximum absolute atomic E-state index is 12.3. The Labute approximate surface area is 168 Å². The molecule has 0 aromatic heterocycles. The van der Waals surface area contributed by atoms with Crippen LogP contribution in [0.5, 0.6) is 5.75 Å². The van der Waals surface area contributed by atoms with E-state index < -0.39 is 0 Å². The highest BCUT2D eigenvalue weighted by molar-refractivity contribution is 5.76. The van der Waals surface area contributed by atoms with Gasteiger partial charge in [-0.2, -0.15) is 0 Å². The van der Waals surface area contributed by atoms with Gasteiger partial charge in [0.25, 0.3) is 0 Å². The van der Waals surface area contributed by atoms with Crippen molar-refractivity contribution in [2.24, 2.45) is 0 Å². The lowest BCUT2D eigenvalue weighted by molar-refractivity contribution is -0.121. The first-order valence-electron chi connectivity index (χ1n) is 10.4. The first-order chi connectivity index (χ1) is 13.7. The highest BCUT2D eigenvalue weighted by Gasteiger charge is 2.19. The zero-order chi connectivity index (χ0) is 19.8. The Bertz CT molecular complexity index is 757. The molecule has 1 fully saturated rings. The molecule has 28 heavy (non-hydrogen) atoms. The van der Waals surface area contributed by atoms with E-state index in [1.54, 1.807) is 7.11 Å². The predicted molar refractivity (Wildman–Crippen MR) is 113 cm³/mol. The summed E-state index contributed by atoms with van der Waals surface area (Å²) in [6.07, 6.45) is 5.14. The van der Waals surface area contributed by atoms with Gasteiger partial charge >= 0.3 is 0 Å². The molecule has 4 heteroatoms. The molecule has 150 valence electrons. The smallest absolute Gasteiger partial charge is 0.220 e. The van der Waals surface area contributed by atoms with Crippen molar-refractivity contribution >= 4 is 5.91 Å². The van der Waals surface area contributed by atoms with Crippen LogP contribution in [-0.4, -0.2) is 30.5 Å². The lowest BCUT2D eigenvalue weighted by atomic mass is 10.0. The molecule has 4 nitrogen and oxygen atoms in total. The number of ether oxygens (including phenoxy) is 1. The average molecular weight is 381 g/mol. The van der Waals surface area contributed by atoms with Crippen LogP contribution in [0.2, 0.25) is 0 Å². The normalized spacial score (nSPS) is 17.3. The van der Waals surface area contributed by atoms with Gasteiger partial charge < -0.3 is 10.1 Å². The maximum atomic E-state index is 12.3. The number of carbonyl (C=O) groups is 1. The first-order valence-corrected chi connectivity index (χ1v) is 10.4. The van der Waals surface area contributed by atoms with Gasteiger partial charge in [0, 0.05) is 25.6 Å². The van der Waals surface area contributed by atoms with Crippen LogP contribution >= 0.6 is 0 Å². The van der Waals surface area contributed by atoms with Crippen molar-refractivity contribution in [2.75, 3.05) is 13.7 Å². The average Bonchev–Trinajstić information content (AvgIpc) is 2.73. The highest BCUT2D eigenvalue weighted by Crippen LogP contribution is 2.21. The lowest BCUT2D eigenvalue weighted by Crippen LogP contribution is -2.37. The molecule has 1 saturated heterocycles. The number of piperidine rings is 1. The van der Waals surface area contributed by atoms with Crippen LogP contribution in [0.3, 0.4) is 0 Å². The molecular weight excluding hydrogens is 348 g/mol. The summed E-state index contributed by atoms with van der Waals surface area (Å²) in [5, 5.41) is 3.10. The van der Waals surface area contributed by atoms with Gasteiger partial charge in [-0.3, -0.25) is 9.69 Å². The SMILES string of the molecule is COc1ccc(CCC(=O)NCc2ccccc2CN2CCCCC2C)cc1. The van der Waals surface area contributed by atoms with Gasteiger partial charge in [-0.25, -0.2) is 0 Å². The summed E-state index contributed by atoms with van der Waals surface area (Å²) in [5.41, 5.74) is 3.69. The summed E-state index contributed by atoms with van der Waals surface area (Å²) >= 11 is 0. The Kier molecular flexibility index (Phi) is 7.49. The fraction of sp³-hybridized carbons (Fsp3) is 0.458. The van der Waals surface area contributed by atoms with Crippen molar-refractivity contribution in [3.63, 3.8) is 0 Å². The van der Waals surface area contributed by atoms with Gasteiger partial charge in [0.2, 0.25) is 5.91 Å². The Morgan fingerprint density at radius 2 is 1.86 bits per heavy atom. The molecule has 1 atom stereocenters. The van der Waals surface area contributed by atoms with Crippen LogP contribution in [0, 0.1) is 0 Å². The van der Waals surface area contributed by atoms with Crippen molar-refractivity contribution < 1.29 is 9.53 Å². The number of nitrogens with zero attached hydrogens (tertiary/aromatic N) is 1. The van der Waals surface area contributed by atoms with E-state index in [4.69, 9.17) is 4.74 Å². The molecule has 0 radical (unpaired) electrons. The number of nitrogens with one attached hydrogen (secondary N) is 1. The molecule has 1 unspecified atom stereocenters. The van der Waals surface area contributed by atoms with Crippen LogP contribution in [0.25, 0.3) is 0 Å². The predicted octanol–water partition coefficient (Wildman–Crippen LogP) is 4.32.